The Kier molecular flexibility index (Phi) is 4.51. The number of amides is 3. The first-order valence-corrected chi connectivity index (χ1v) is 8.66. The summed E-state index contributed by atoms with van der Waals surface area (Å²) in [6, 6.07) is 1.76. The third kappa shape index (κ3) is 4.27. The first-order valence-electron chi connectivity index (χ1n) is 8.66. The summed E-state index contributed by atoms with van der Waals surface area (Å²) < 4.78 is 5.15. The molecule has 2 N–H and O–H groups in total. The zero-order valence-electron chi connectivity index (χ0n) is 14.6. The zero-order chi connectivity index (χ0) is 17.3. The fourth-order valence-electron chi connectivity index (χ4n) is 2.85. The van der Waals surface area contributed by atoms with Crippen molar-refractivity contribution in [1.29, 1.82) is 0 Å². The van der Waals surface area contributed by atoms with Crippen molar-refractivity contribution in [2.24, 2.45) is 0 Å². The first kappa shape index (κ1) is 16.8. The Bertz CT molecular complexity index is 608. The molecule has 1 aliphatic heterocycles. The highest BCUT2D eigenvalue weighted by molar-refractivity contribution is 5.91. The summed E-state index contributed by atoms with van der Waals surface area (Å²) in [6.45, 7) is 7.16. The second-order valence-corrected chi connectivity index (χ2v) is 7.81. The van der Waals surface area contributed by atoms with E-state index in [9.17, 15) is 9.59 Å². The van der Waals surface area contributed by atoms with Crippen LogP contribution in [0.3, 0.4) is 0 Å². The standard InChI is InChI=1S/C17H26N4O3/c1-17(2,3)19-16(23)21-8-6-12(7-9-21)18-15(22)14-10-13(20-24-14)11-4-5-11/h10-12H,4-9H2,1-3H3,(H,18,22)(H,19,23). The molecule has 2 aliphatic rings. The number of piperidine rings is 1. The van der Waals surface area contributed by atoms with Crippen molar-refractivity contribution in [2.45, 2.75) is 64.0 Å². The number of hydrogen-bond donors (Lipinski definition) is 2. The molecule has 1 aliphatic carbocycles. The Morgan fingerprint density at radius 2 is 1.88 bits per heavy atom. The van der Waals surface area contributed by atoms with Crippen molar-refractivity contribution in [3.05, 3.63) is 17.5 Å². The lowest BCUT2D eigenvalue weighted by Gasteiger charge is -2.34. The van der Waals surface area contributed by atoms with Crippen molar-refractivity contribution in [2.75, 3.05) is 13.1 Å². The van der Waals surface area contributed by atoms with E-state index in [0.717, 1.165) is 31.4 Å². The zero-order valence-corrected chi connectivity index (χ0v) is 14.6. The van der Waals surface area contributed by atoms with Crippen LogP contribution < -0.4 is 10.6 Å². The minimum absolute atomic E-state index is 0.0448. The smallest absolute Gasteiger partial charge is 0.317 e. The molecule has 1 saturated heterocycles. The predicted molar refractivity (Wildman–Crippen MR) is 88.8 cm³/mol. The lowest BCUT2D eigenvalue weighted by molar-refractivity contribution is 0.0880. The van der Waals surface area contributed by atoms with Gasteiger partial charge in [0.05, 0.1) is 5.69 Å². The number of rotatable bonds is 3. The minimum atomic E-state index is -0.242. The summed E-state index contributed by atoms with van der Waals surface area (Å²) in [5, 5.41) is 9.92. The van der Waals surface area contributed by atoms with Crippen LogP contribution in [-0.4, -0.2) is 46.7 Å². The van der Waals surface area contributed by atoms with Crippen LogP contribution in [0.2, 0.25) is 0 Å². The quantitative estimate of drug-likeness (QED) is 0.887. The summed E-state index contributed by atoms with van der Waals surface area (Å²) in [7, 11) is 0. The molecule has 2 heterocycles. The molecule has 3 rings (SSSR count). The average molecular weight is 334 g/mol. The number of likely N-dealkylation sites (tertiary alicyclic amines) is 1. The number of carbonyl (C=O) groups is 2. The van der Waals surface area contributed by atoms with E-state index in [4.69, 9.17) is 4.52 Å². The second kappa shape index (κ2) is 6.45. The molecule has 24 heavy (non-hydrogen) atoms. The van der Waals surface area contributed by atoms with E-state index in [0.29, 0.717) is 19.0 Å². The van der Waals surface area contributed by atoms with Crippen molar-refractivity contribution in [3.63, 3.8) is 0 Å². The van der Waals surface area contributed by atoms with Crippen molar-refractivity contribution in [3.8, 4) is 0 Å². The van der Waals surface area contributed by atoms with Crippen LogP contribution in [0.15, 0.2) is 10.6 Å². The molecule has 1 aromatic heterocycles. The maximum absolute atomic E-state index is 12.2. The molecule has 0 atom stereocenters. The maximum Gasteiger partial charge on any atom is 0.317 e. The van der Waals surface area contributed by atoms with Gasteiger partial charge in [-0.2, -0.15) is 0 Å². The molecule has 7 nitrogen and oxygen atoms in total. The molecule has 1 saturated carbocycles. The molecular weight excluding hydrogens is 308 g/mol. The molecule has 2 fully saturated rings. The van der Waals surface area contributed by atoms with Crippen LogP contribution in [0, 0.1) is 0 Å². The van der Waals surface area contributed by atoms with Gasteiger partial charge >= 0.3 is 6.03 Å². The van der Waals surface area contributed by atoms with Gasteiger partial charge in [0.15, 0.2) is 0 Å². The highest BCUT2D eigenvalue weighted by atomic mass is 16.5. The number of carbonyl (C=O) groups excluding carboxylic acids is 2. The molecule has 1 aromatic rings. The van der Waals surface area contributed by atoms with Crippen molar-refractivity contribution in [1.82, 2.24) is 20.7 Å². The summed E-state index contributed by atoms with van der Waals surface area (Å²) in [5.74, 6) is 0.539. The molecule has 0 aromatic carbocycles. The molecular formula is C17H26N4O3. The molecule has 0 bridgehead atoms. The van der Waals surface area contributed by atoms with Crippen molar-refractivity contribution < 1.29 is 14.1 Å². The van der Waals surface area contributed by atoms with Crippen LogP contribution in [-0.2, 0) is 0 Å². The van der Waals surface area contributed by atoms with E-state index < -0.39 is 0 Å². The monoisotopic (exact) mass is 334 g/mol. The van der Waals surface area contributed by atoms with Gasteiger partial charge in [-0.1, -0.05) is 5.16 Å². The van der Waals surface area contributed by atoms with Gasteiger partial charge in [0, 0.05) is 36.7 Å². The molecule has 0 radical (unpaired) electrons. The number of aromatic nitrogens is 1. The predicted octanol–water partition coefficient (Wildman–Crippen LogP) is 2.25. The van der Waals surface area contributed by atoms with Crippen LogP contribution >= 0.6 is 0 Å². The Balaban J connectivity index is 1.46. The Hall–Kier alpha value is -2.05. The molecule has 0 spiro atoms. The summed E-state index contributed by atoms with van der Waals surface area (Å²) in [6.07, 6.45) is 3.74. The molecule has 0 unspecified atom stereocenters. The second-order valence-electron chi connectivity index (χ2n) is 7.81. The summed E-state index contributed by atoms with van der Waals surface area (Å²) in [4.78, 5) is 26.2. The van der Waals surface area contributed by atoms with E-state index in [1.54, 1.807) is 11.0 Å². The Labute approximate surface area is 142 Å². The fraction of sp³-hybridized carbons (Fsp3) is 0.706. The third-order valence-electron chi connectivity index (χ3n) is 4.35. The van der Waals surface area contributed by atoms with Gasteiger partial charge in [-0.25, -0.2) is 4.79 Å². The van der Waals surface area contributed by atoms with Gasteiger partial charge in [0.1, 0.15) is 0 Å². The van der Waals surface area contributed by atoms with E-state index in [-0.39, 0.29) is 29.3 Å². The number of hydrogen-bond acceptors (Lipinski definition) is 4. The van der Waals surface area contributed by atoms with E-state index >= 15 is 0 Å². The lowest BCUT2D eigenvalue weighted by atomic mass is 10.0. The van der Waals surface area contributed by atoms with Crippen molar-refractivity contribution >= 4 is 11.9 Å². The van der Waals surface area contributed by atoms with E-state index in [1.807, 2.05) is 20.8 Å². The number of urea groups is 1. The average Bonchev–Trinajstić information content (AvgIpc) is 3.23. The Morgan fingerprint density at radius 3 is 2.46 bits per heavy atom. The van der Waals surface area contributed by atoms with Gasteiger partial charge in [-0.3, -0.25) is 4.79 Å². The van der Waals surface area contributed by atoms with Gasteiger partial charge in [0.2, 0.25) is 5.76 Å². The lowest BCUT2D eigenvalue weighted by Crippen LogP contribution is -2.53. The molecule has 3 amide bonds. The van der Waals surface area contributed by atoms with Crippen LogP contribution in [0.1, 0.15) is 68.6 Å². The molecule has 132 valence electrons. The Morgan fingerprint density at radius 1 is 1.21 bits per heavy atom. The van der Waals surface area contributed by atoms with Gasteiger partial charge < -0.3 is 20.1 Å². The fourth-order valence-corrected chi connectivity index (χ4v) is 2.85. The SMILES string of the molecule is CC(C)(C)NC(=O)N1CCC(NC(=O)c2cc(C3CC3)no2)CC1. The first-order chi connectivity index (χ1) is 11.3. The van der Waals surface area contributed by atoms with Gasteiger partial charge in [-0.05, 0) is 46.5 Å². The summed E-state index contributed by atoms with van der Waals surface area (Å²) >= 11 is 0. The molecule has 7 heteroatoms. The number of nitrogens with one attached hydrogen (secondary N) is 2. The van der Waals surface area contributed by atoms with Gasteiger partial charge in [-0.15, -0.1) is 0 Å². The minimum Gasteiger partial charge on any atom is -0.351 e. The van der Waals surface area contributed by atoms with E-state index in [1.165, 1.54) is 0 Å². The van der Waals surface area contributed by atoms with Crippen LogP contribution in [0.5, 0.6) is 0 Å². The van der Waals surface area contributed by atoms with Crippen LogP contribution in [0.4, 0.5) is 4.79 Å². The topological polar surface area (TPSA) is 87.5 Å². The number of nitrogens with zero attached hydrogens (tertiary/aromatic N) is 2. The largest absolute Gasteiger partial charge is 0.351 e. The third-order valence-corrected chi connectivity index (χ3v) is 4.35. The van der Waals surface area contributed by atoms with Gasteiger partial charge in [0.25, 0.3) is 5.91 Å². The van der Waals surface area contributed by atoms with Crippen LogP contribution in [0.25, 0.3) is 0 Å². The highest BCUT2D eigenvalue weighted by Crippen LogP contribution is 2.39. The normalized spacial score (nSPS) is 19.2. The summed E-state index contributed by atoms with van der Waals surface area (Å²) in [5.41, 5.74) is 0.641. The maximum atomic E-state index is 12.2. The highest BCUT2D eigenvalue weighted by Gasteiger charge is 2.30. The van der Waals surface area contributed by atoms with E-state index in [2.05, 4.69) is 15.8 Å².